The molecular weight excluding hydrogens is 322 g/mol. The number of phenols is 1. The second-order valence-corrected chi connectivity index (χ2v) is 5.37. The highest BCUT2D eigenvalue weighted by atomic mass is 16.5. The van der Waals surface area contributed by atoms with Crippen molar-refractivity contribution in [2.75, 3.05) is 20.3 Å². The van der Waals surface area contributed by atoms with Crippen molar-refractivity contribution < 1.29 is 24.2 Å². The fourth-order valence-corrected chi connectivity index (χ4v) is 2.64. The number of benzene rings is 1. The fourth-order valence-electron chi connectivity index (χ4n) is 2.64. The lowest BCUT2D eigenvalue weighted by molar-refractivity contribution is -0.136. The minimum atomic E-state index is -0.576. The number of hydrogen-bond acceptors (Lipinski definition) is 5. The number of nitrogens with zero attached hydrogens (tertiary/aromatic N) is 1. The Hall–Kier alpha value is -3.02. The van der Waals surface area contributed by atoms with E-state index < -0.39 is 5.97 Å². The van der Waals surface area contributed by atoms with Gasteiger partial charge in [0.05, 0.1) is 24.9 Å². The SMILES string of the molecule is C=CCN1C(=O)C(=Cc2ccc(O)c(OCC)c2)C(C(=O)OC)=C1C. The van der Waals surface area contributed by atoms with Gasteiger partial charge in [0.15, 0.2) is 11.5 Å². The van der Waals surface area contributed by atoms with Crippen molar-refractivity contribution in [3.63, 3.8) is 0 Å². The maximum Gasteiger partial charge on any atom is 0.340 e. The Morgan fingerprint density at radius 2 is 2.12 bits per heavy atom. The van der Waals surface area contributed by atoms with Gasteiger partial charge in [0.25, 0.3) is 5.91 Å². The average molecular weight is 343 g/mol. The highest BCUT2D eigenvalue weighted by molar-refractivity contribution is 6.16. The van der Waals surface area contributed by atoms with E-state index in [2.05, 4.69) is 6.58 Å². The van der Waals surface area contributed by atoms with Crippen molar-refractivity contribution >= 4 is 18.0 Å². The van der Waals surface area contributed by atoms with Crippen LogP contribution in [0.4, 0.5) is 0 Å². The van der Waals surface area contributed by atoms with E-state index in [4.69, 9.17) is 9.47 Å². The van der Waals surface area contributed by atoms with E-state index in [1.807, 2.05) is 0 Å². The van der Waals surface area contributed by atoms with Gasteiger partial charge in [-0.05, 0) is 37.6 Å². The van der Waals surface area contributed by atoms with E-state index in [0.29, 0.717) is 30.2 Å². The molecule has 1 aromatic rings. The highest BCUT2D eigenvalue weighted by Crippen LogP contribution is 2.33. The monoisotopic (exact) mass is 343 g/mol. The van der Waals surface area contributed by atoms with Crippen molar-refractivity contribution in [2.24, 2.45) is 0 Å². The zero-order valence-electron chi connectivity index (χ0n) is 14.5. The first-order chi connectivity index (χ1) is 11.9. The Bertz CT molecular complexity index is 776. The molecule has 1 heterocycles. The van der Waals surface area contributed by atoms with Crippen LogP contribution in [0.1, 0.15) is 19.4 Å². The van der Waals surface area contributed by atoms with Crippen LogP contribution >= 0.6 is 0 Å². The van der Waals surface area contributed by atoms with E-state index >= 15 is 0 Å². The highest BCUT2D eigenvalue weighted by Gasteiger charge is 2.36. The largest absolute Gasteiger partial charge is 0.504 e. The van der Waals surface area contributed by atoms with Crippen LogP contribution in [0, 0.1) is 0 Å². The van der Waals surface area contributed by atoms with Gasteiger partial charge < -0.3 is 19.5 Å². The van der Waals surface area contributed by atoms with Crippen LogP contribution in [-0.4, -0.2) is 42.1 Å². The van der Waals surface area contributed by atoms with Gasteiger partial charge in [0, 0.05) is 12.2 Å². The smallest absolute Gasteiger partial charge is 0.340 e. The van der Waals surface area contributed by atoms with E-state index in [1.54, 1.807) is 38.1 Å². The first-order valence-electron chi connectivity index (χ1n) is 7.84. The van der Waals surface area contributed by atoms with Crippen LogP contribution in [-0.2, 0) is 14.3 Å². The zero-order chi connectivity index (χ0) is 18.6. The van der Waals surface area contributed by atoms with Crippen LogP contribution in [0.25, 0.3) is 6.08 Å². The molecule has 0 aromatic heterocycles. The molecule has 0 spiro atoms. The van der Waals surface area contributed by atoms with Gasteiger partial charge in [-0.25, -0.2) is 4.79 Å². The topological polar surface area (TPSA) is 76.1 Å². The van der Waals surface area contributed by atoms with Crippen molar-refractivity contribution in [1.82, 2.24) is 4.90 Å². The lowest BCUT2D eigenvalue weighted by atomic mass is 10.0. The molecule has 0 unspecified atom stereocenters. The molecule has 0 saturated carbocycles. The lowest BCUT2D eigenvalue weighted by Crippen LogP contribution is -2.24. The maximum absolute atomic E-state index is 12.7. The molecule has 0 saturated heterocycles. The van der Waals surface area contributed by atoms with Gasteiger partial charge in [-0.15, -0.1) is 6.58 Å². The average Bonchev–Trinajstić information content (AvgIpc) is 2.82. The number of rotatable bonds is 6. The summed E-state index contributed by atoms with van der Waals surface area (Å²) in [5, 5.41) is 9.80. The van der Waals surface area contributed by atoms with E-state index in [1.165, 1.54) is 18.1 Å². The molecule has 0 atom stereocenters. The molecule has 132 valence electrons. The number of aromatic hydroxyl groups is 1. The van der Waals surface area contributed by atoms with Crippen molar-refractivity contribution in [1.29, 1.82) is 0 Å². The summed E-state index contributed by atoms with van der Waals surface area (Å²) in [5.41, 5.74) is 1.60. The van der Waals surface area contributed by atoms with E-state index in [-0.39, 0.29) is 22.8 Å². The number of carbonyl (C=O) groups excluding carboxylic acids is 2. The molecule has 0 bridgehead atoms. The third-order valence-corrected chi connectivity index (χ3v) is 3.81. The number of amides is 1. The van der Waals surface area contributed by atoms with Gasteiger partial charge in [0.2, 0.25) is 0 Å². The summed E-state index contributed by atoms with van der Waals surface area (Å²) < 4.78 is 10.2. The number of carbonyl (C=O) groups is 2. The standard InChI is InChI=1S/C19H21NO5/c1-5-9-20-12(3)17(19(23)24-4)14(18(20)22)10-13-7-8-15(21)16(11-13)25-6-2/h5,7-8,10-11,21H,1,6,9H2,2-4H3. The maximum atomic E-state index is 12.7. The third-order valence-electron chi connectivity index (χ3n) is 3.81. The molecule has 0 fully saturated rings. The first kappa shape index (κ1) is 18.3. The molecule has 6 nitrogen and oxygen atoms in total. The summed E-state index contributed by atoms with van der Waals surface area (Å²) in [5.74, 6) is -0.559. The summed E-state index contributed by atoms with van der Waals surface area (Å²) in [6, 6.07) is 4.73. The molecule has 2 rings (SSSR count). The van der Waals surface area contributed by atoms with Gasteiger partial charge >= 0.3 is 5.97 Å². The zero-order valence-corrected chi connectivity index (χ0v) is 14.5. The summed E-state index contributed by atoms with van der Waals surface area (Å²) in [4.78, 5) is 26.3. The number of hydrogen-bond donors (Lipinski definition) is 1. The predicted octanol–water partition coefficient (Wildman–Crippen LogP) is 2.65. The van der Waals surface area contributed by atoms with Crippen LogP contribution in [0.15, 0.2) is 47.7 Å². The van der Waals surface area contributed by atoms with Crippen LogP contribution in [0.3, 0.4) is 0 Å². The molecule has 1 aliphatic heterocycles. The minimum Gasteiger partial charge on any atom is -0.504 e. The Morgan fingerprint density at radius 3 is 2.72 bits per heavy atom. The molecule has 1 aromatic carbocycles. The first-order valence-corrected chi connectivity index (χ1v) is 7.84. The van der Waals surface area contributed by atoms with Crippen molar-refractivity contribution in [2.45, 2.75) is 13.8 Å². The summed E-state index contributed by atoms with van der Waals surface area (Å²) in [6.45, 7) is 7.82. The van der Waals surface area contributed by atoms with Crippen LogP contribution in [0.2, 0.25) is 0 Å². The predicted molar refractivity (Wildman–Crippen MR) is 93.9 cm³/mol. The number of ether oxygens (including phenoxy) is 2. The number of phenolic OH excluding ortho intramolecular Hbond substituents is 1. The van der Waals surface area contributed by atoms with Gasteiger partial charge in [-0.1, -0.05) is 12.1 Å². The number of allylic oxidation sites excluding steroid dienone is 1. The molecule has 1 aliphatic rings. The summed E-state index contributed by atoms with van der Waals surface area (Å²) in [6.07, 6.45) is 3.18. The Morgan fingerprint density at radius 1 is 1.40 bits per heavy atom. The quantitative estimate of drug-likeness (QED) is 0.488. The van der Waals surface area contributed by atoms with Crippen molar-refractivity contribution in [3.05, 3.63) is 53.3 Å². The molecule has 0 aliphatic carbocycles. The van der Waals surface area contributed by atoms with Gasteiger partial charge in [-0.3, -0.25) is 4.79 Å². The summed E-state index contributed by atoms with van der Waals surface area (Å²) in [7, 11) is 1.27. The van der Waals surface area contributed by atoms with Gasteiger partial charge in [-0.2, -0.15) is 0 Å². The third kappa shape index (κ3) is 3.57. The second kappa shape index (κ2) is 7.70. The number of methoxy groups -OCH3 is 1. The molecule has 25 heavy (non-hydrogen) atoms. The Kier molecular flexibility index (Phi) is 5.64. The number of esters is 1. The van der Waals surface area contributed by atoms with E-state index in [0.717, 1.165) is 0 Å². The van der Waals surface area contributed by atoms with Gasteiger partial charge in [0.1, 0.15) is 0 Å². The lowest BCUT2D eigenvalue weighted by Gasteiger charge is -2.14. The minimum absolute atomic E-state index is 0.00921. The van der Waals surface area contributed by atoms with E-state index in [9.17, 15) is 14.7 Å². The summed E-state index contributed by atoms with van der Waals surface area (Å²) >= 11 is 0. The Balaban J connectivity index is 2.53. The molecule has 0 radical (unpaired) electrons. The van der Waals surface area contributed by atoms with Crippen LogP contribution < -0.4 is 4.74 Å². The molecule has 1 N–H and O–H groups in total. The van der Waals surface area contributed by atoms with Crippen molar-refractivity contribution in [3.8, 4) is 11.5 Å². The second-order valence-electron chi connectivity index (χ2n) is 5.37. The normalized spacial score (nSPS) is 15.7. The molecule has 1 amide bonds. The fraction of sp³-hybridized carbons (Fsp3) is 0.263. The molecule has 6 heteroatoms. The molecular formula is C19H21NO5. The van der Waals surface area contributed by atoms with Crippen LogP contribution in [0.5, 0.6) is 11.5 Å². The Labute approximate surface area is 146 Å².